The Bertz CT molecular complexity index is 784. The predicted octanol–water partition coefficient (Wildman–Crippen LogP) is 4.36. The lowest BCUT2D eigenvalue weighted by Gasteiger charge is -2.36. The molecule has 2 heterocycles. The minimum atomic E-state index is 0. The number of para-hydroxylation sites is 2. The van der Waals surface area contributed by atoms with Crippen LogP contribution in [-0.4, -0.2) is 67.3 Å². The number of rotatable bonds is 6. The number of anilines is 2. The molecule has 0 spiro atoms. The van der Waals surface area contributed by atoms with Gasteiger partial charge >= 0.3 is 0 Å². The van der Waals surface area contributed by atoms with Gasteiger partial charge in [0.2, 0.25) is 0 Å². The maximum absolute atomic E-state index is 9.08. The van der Waals surface area contributed by atoms with Crippen molar-refractivity contribution in [2.24, 2.45) is 0 Å². The Balaban J connectivity index is 0.00000225. The number of hydrogen-bond acceptors (Lipinski definition) is 5. The normalized spacial score (nSPS) is 17.0. The van der Waals surface area contributed by atoms with E-state index >= 15 is 0 Å². The van der Waals surface area contributed by atoms with Crippen LogP contribution in [0.25, 0.3) is 0 Å². The summed E-state index contributed by atoms with van der Waals surface area (Å²) in [6, 6.07) is 14.8. The molecule has 2 aliphatic heterocycles. The molecule has 0 aromatic heterocycles. The summed E-state index contributed by atoms with van der Waals surface area (Å²) in [5.74, 6) is 0. The van der Waals surface area contributed by atoms with Crippen LogP contribution in [0.3, 0.4) is 0 Å². The molecule has 0 atom stereocenters. The highest BCUT2D eigenvalue weighted by Crippen LogP contribution is 2.50. The van der Waals surface area contributed by atoms with Crippen LogP contribution in [0, 0.1) is 0 Å². The molecule has 0 aliphatic carbocycles. The molecule has 152 valence electrons. The minimum Gasteiger partial charge on any atom is -0.395 e. The fraction of sp³-hybridized carbons (Fsp3) is 0.429. The number of fused-ring (bicyclic) bond motifs is 2. The lowest BCUT2D eigenvalue weighted by atomic mass is 10.2. The van der Waals surface area contributed by atoms with E-state index in [2.05, 4.69) is 45.0 Å². The Morgan fingerprint density at radius 1 is 0.857 bits per heavy atom. The van der Waals surface area contributed by atoms with E-state index in [0.717, 1.165) is 62.9 Å². The molecular formula is C21H27Cl2N3OS. The molecule has 0 amide bonds. The van der Waals surface area contributed by atoms with E-state index < -0.39 is 0 Å². The first-order chi connectivity index (χ1) is 13.3. The molecule has 0 bridgehead atoms. The summed E-state index contributed by atoms with van der Waals surface area (Å²) in [5.41, 5.74) is 2.41. The smallest absolute Gasteiger partial charge is 0.0742 e. The number of benzene rings is 2. The van der Waals surface area contributed by atoms with Gasteiger partial charge in [-0.05, 0) is 37.2 Å². The van der Waals surface area contributed by atoms with Crippen molar-refractivity contribution in [2.75, 3.05) is 57.3 Å². The number of hydrogen-bond donors (Lipinski definition) is 1. The van der Waals surface area contributed by atoms with Crippen molar-refractivity contribution in [2.45, 2.75) is 16.2 Å². The van der Waals surface area contributed by atoms with Gasteiger partial charge in [-0.2, -0.15) is 0 Å². The van der Waals surface area contributed by atoms with Crippen molar-refractivity contribution in [3.05, 3.63) is 47.5 Å². The van der Waals surface area contributed by atoms with Gasteiger partial charge < -0.3 is 14.9 Å². The van der Waals surface area contributed by atoms with E-state index in [0.29, 0.717) is 0 Å². The lowest BCUT2D eigenvalue weighted by molar-refractivity contribution is 0.112. The molecule has 1 fully saturated rings. The van der Waals surface area contributed by atoms with Crippen LogP contribution in [0.2, 0.25) is 5.02 Å². The summed E-state index contributed by atoms with van der Waals surface area (Å²) in [7, 11) is 0. The van der Waals surface area contributed by atoms with Gasteiger partial charge in [0.25, 0.3) is 0 Å². The number of nitrogens with zero attached hydrogens (tertiary/aromatic N) is 3. The Hall–Kier alpha value is -0.950. The van der Waals surface area contributed by atoms with Crippen molar-refractivity contribution in [3.8, 4) is 0 Å². The molecule has 0 saturated carbocycles. The highest BCUT2D eigenvalue weighted by atomic mass is 35.5. The average molecular weight is 440 g/mol. The van der Waals surface area contributed by atoms with E-state index in [9.17, 15) is 0 Å². The van der Waals surface area contributed by atoms with Crippen LogP contribution in [0.15, 0.2) is 52.3 Å². The van der Waals surface area contributed by atoms with E-state index in [1.165, 1.54) is 15.5 Å². The number of aliphatic hydroxyl groups is 1. The molecule has 0 radical (unpaired) electrons. The topological polar surface area (TPSA) is 30.0 Å². The van der Waals surface area contributed by atoms with Crippen LogP contribution < -0.4 is 4.90 Å². The minimum absolute atomic E-state index is 0. The first kappa shape index (κ1) is 21.8. The van der Waals surface area contributed by atoms with Gasteiger partial charge in [0.1, 0.15) is 0 Å². The quantitative estimate of drug-likeness (QED) is 0.721. The van der Waals surface area contributed by atoms with Crippen LogP contribution in [0.4, 0.5) is 11.4 Å². The monoisotopic (exact) mass is 439 g/mol. The summed E-state index contributed by atoms with van der Waals surface area (Å²) in [5, 5.41) is 9.91. The third kappa shape index (κ3) is 4.78. The average Bonchev–Trinajstić information content (AvgIpc) is 2.69. The summed E-state index contributed by atoms with van der Waals surface area (Å²) in [4.78, 5) is 9.80. The molecule has 28 heavy (non-hydrogen) atoms. The number of halogens is 2. The molecule has 1 N–H and O–H groups in total. The number of aliphatic hydroxyl groups excluding tert-OH is 1. The van der Waals surface area contributed by atoms with Gasteiger partial charge in [-0.3, -0.25) is 4.90 Å². The summed E-state index contributed by atoms with van der Waals surface area (Å²) >= 11 is 8.39. The van der Waals surface area contributed by atoms with E-state index in [1.54, 1.807) is 11.8 Å². The molecule has 2 aromatic rings. The largest absolute Gasteiger partial charge is 0.395 e. The van der Waals surface area contributed by atoms with Crippen LogP contribution >= 0.6 is 35.8 Å². The van der Waals surface area contributed by atoms with E-state index in [1.807, 2.05) is 12.1 Å². The summed E-state index contributed by atoms with van der Waals surface area (Å²) in [6.45, 7) is 7.39. The third-order valence-electron chi connectivity index (χ3n) is 5.33. The number of β-amino-alcohol motifs (C(OH)–C–C–N with tert-alkyl or cyclic N) is 1. The fourth-order valence-corrected chi connectivity index (χ4v) is 5.37. The molecule has 2 aromatic carbocycles. The van der Waals surface area contributed by atoms with Gasteiger partial charge in [0.15, 0.2) is 0 Å². The second-order valence-electron chi connectivity index (χ2n) is 7.07. The zero-order valence-electron chi connectivity index (χ0n) is 15.9. The molecule has 0 unspecified atom stereocenters. The van der Waals surface area contributed by atoms with Crippen molar-refractivity contribution in [3.63, 3.8) is 0 Å². The van der Waals surface area contributed by atoms with Gasteiger partial charge in [-0.1, -0.05) is 41.6 Å². The zero-order chi connectivity index (χ0) is 18.6. The standard InChI is InChI=1S/C21H26ClN3OS.ClH/c22-17-5-3-8-20-21(17)25(18-6-1-2-7-19(18)27-20)10-4-9-23-11-13-24(14-12-23)15-16-26;/h1-3,5-8,26H,4,9-16H2;1H. The maximum Gasteiger partial charge on any atom is 0.0742 e. The van der Waals surface area contributed by atoms with Crippen LogP contribution in [0.1, 0.15) is 6.42 Å². The molecule has 2 aliphatic rings. The van der Waals surface area contributed by atoms with Gasteiger partial charge in [-0.25, -0.2) is 0 Å². The molecule has 1 saturated heterocycles. The molecule has 4 nitrogen and oxygen atoms in total. The van der Waals surface area contributed by atoms with Crippen molar-refractivity contribution in [1.82, 2.24) is 9.80 Å². The van der Waals surface area contributed by atoms with Crippen molar-refractivity contribution in [1.29, 1.82) is 0 Å². The summed E-state index contributed by atoms with van der Waals surface area (Å²) < 4.78 is 0. The molecular weight excluding hydrogens is 413 g/mol. The fourth-order valence-electron chi connectivity index (χ4n) is 3.91. The van der Waals surface area contributed by atoms with Crippen molar-refractivity contribution < 1.29 is 5.11 Å². The Kier molecular flexibility index (Phi) is 7.92. The number of piperazine rings is 1. The van der Waals surface area contributed by atoms with Gasteiger partial charge in [0, 0.05) is 49.1 Å². The third-order valence-corrected chi connectivity index (χ3v) is 6.75. The highest BCUT2D eigenvalue weighted by molar-refractivity contribution is 7.99. The second kappa shape index (κ2) is 10.2. The first-order valence-corrected chi connectivity index (χ1v) is 10.8. The predicted molar refractivity (Wildman–Crippen MR) is 121 cm³/mol. The molecule has 7 heteroatoms. The van der Waals surface area contributed by atoms with Crippen LogP contribution in [-0.2, 0) is 0 Å². The first-order valence-electron chi connectivity index (χ1n) is 9.65. The van der Waals surface area contributed by atoms with Gasteiger partial charge in [-0.15, -0.1) is 12.4 Å². The maximum atomic E-state index is 9.08. The Morgan fingerprint density at radius 3 is 2.29 bits per heavy atom. The lowest BCUT2D eigenvalue weighted by Crippen LogP contribution is -2.47. The van der Waals surface area contributed by atoms with Crippen molar-refractivity contribution >= 4 is 47.1 Å². The van der Waals surface area contributed by atoms with E-state index in [-0.39, 0.29) is 19.0 Å². The summed E-state index contributed by atoms with van der Waals surface area (Å²) in [6.07, 6.45) is 1.10. The molecule has 4 rings (SSSR count). The van der Waals surface area contributed by atoms with Gasteiger partial charge in [0.05, 0.1) is 23.0 Å². The Labute approximate surface area is 182 Å². The van der Waals surface area contributed by atoms with E-state index in [4.69, 9.17) is 16.7 Å². The Morgan fingerprint density at radius 2 is 1.54 bits per heavy atom. The highest BCUT2D eigenvalue weighted by Gasteiger charge is 2.25. The second-order valence-corrected chi connectivity index (χ2v) is 8.56. The zero-order valence-corrected chi connectivity index (χ0v) is 18.3. The van der Waals surface area contributed by atoms with Crippen LogP contribution in [0.5, 0.6) is 0 Å². The SMILES string of the molecule is Cl.OCCN1CCN(CCCN2c3ccccc3Sc3cccc(Cl)c32)CC1.